The van der Waals surface area contributed by atoms with E-state index in [4.69, 9.17) is 5.73 Å². The van der Waals surface area contributed by atoms with Crippen LogP contribution in [0.4, 0.5) is 11.4 Å². The molecule has 0 atom stereocenters. The summed E-state index contributed by atoms with van der Waals surface area (Å²) in [6, 6.07) is 11.2. The highest BCUT2D eigenvalue weighted by molar-refractivity contribution is 6.00. The molecule has 0 saturated carbocycles. The fourth-order valence-electron chi connectivity index (χ4n) is 2.07. The Morgan fingerprint density at radius 1 is 1.18 bits per heavy atom. The van der Waals surface area contributed by atoms with E-state index in [1.807, 2.05) is 0 Å². The number of nitrogen functional groups attached to an aromatic ring is 1. The summed E-state index contributed by atoms with van der Waals surface area (Å²) in [4.78, 5) is 22.3. The van der Waals surface area contributed by atoms with Crippen molar-refractivity contribution in [3.63, 3.8) is 0 Å². The minimum Gasteiger partial charge on any atom is -0.393 e. The van der Waals surface area contributed by atoms with Crippen molar-refractivity contribution in [1.29, 1.82) is 0 Å². The molecular formula is C15H15N3O4. The summed E-state index contributed by atoms with van der Waals surface area (Å²) in [5.74, 6) is -0.506. The summed E-state index contributed by atoms with van der Waals surface area (Å²) in [7, 11) is 0. The molecule has 2 aromatic rings. The first-order chi connectivity index (χ1) is 10.5. The summed E-state index contributed by atoms with van der Waals surface area (Å²) >= 11 is 0. The fourth-order valence-corrected chi connectivity index (χ4v) is 2.07. The molecule has 22 heavy (non-hydrogen) atoms. The Morgan fingerprint density at radius 2 is 1.86 bits per heavy atom. The number of carbonyl (C=O) groups is 1. The first-order valence-electron chi connectivity index (χ1n) is 6.53. The summed E-state index contributed by atoms with van der Waals surface area (Å²) in [6.45, 7) is 0.0582. The predicted molar refractivity (Wildman–Crippen MR) is 81.0 cm³/mol. The average molecular weight is 301 g/mol. The van der Waals surface area contributed by atoms with E-state index in [0.29, 0.717) is 5.56 Å². The number of nitrogens with two attached hydrogens (primary N) is 1. The van der Waals surface area contributed by atoms with Crippen molar-refractivity contribution >= 4 is 17.3 Å². The lowest BCUT2D eigenvalue weighted by molar-refractivity contribution is -0.383. The van der Waals surface area contributed by atoms with Gasteiger partial charge >= 0.3 is 0 Å². The number of nitro groups is 1. The number of nitro benzene ring substituents is 1. The molecule has 0 radical (unpaired) electrons. The highest BCUT2D eigenvalue weighted by Gasteiger charge is 2.18. The summed E-state index contributed by atoms with van der Waals surface area (Å²) in [5.41, 5.74) is 6.72. The van der Waals surface area contributed by atoms with E-state index < -0.39 is 10.8 Å². The Hall–Kier alpha value is -2.93. The third kappa shape index (κ3) is 3.21. The van der Waals surface area contributed by atoms with Crippen LogP contribution in [0.5, 0.6) is 0 Å². The minimum atomic E-state index is -0.632. The third-order valence-electron chi connectivity index (χ3n) is 3.25. The zero-order valence-electron chi connectivity index (χ0n) is 11.7. The molecule has 0 aliphatic carbocycles. The molecule has 0 unspecified atom stereocenters. The van der Waals surface area contributed by atoms with Gasteiger partial charge in [0.25, 0.3) is 11.6 Å². The Kier molecular flexibility index (Phi) is 4.70. The van der Waals surface area contributed by atoms with Gasteiger partial charge in [-0.2, -0.15) is 0 Å². The van der Waals surface area contributed by atoms with Gasteiger partial charge < -0.3 is 16.2 Å². The summed E-state index contributed by atoms with van der Waals surface area (Å²) in [5, 5.41) is 22.7. The Morgan fingerprint density at radius 3 is 2.50 bits per heavy atom. The van der Waals surface area contributed by atoms with Crippen LogP contribution in [0.15, 0.2) is 42.5 Å². The Bertz CT molecular complexity index is 716. The first kappa shape index (κ1) is 15.5. The number of para-hydroxylation sites is 1. The second-order valence-corrected chi connectivity index (χ2v) is 4.60. The molecule has 0 aliphatic rings. The van der Waals surface area contributed by atoms with E-state index in [1.54, 1.807) is 24.3 Å². The minimum absolute atomic E-state index is 0.0516. The van der Waals surface area contributed by atoms with Crippen molar-refractivity contribution < 1.29 is 14.8 Å². The normalized spacial score (nSPS) is 10.2. The van der Waals surface area contributed by atoms with Crippen molar-refractivity contribution in [2.75, 3.05) is 5.73 Å². The largest absolute Gasteiger partial charge is 0.393 e. The van der Waals surface area contributed by atoms with Crippen LogP contribution in [-0.2, 0) is 13.2 Å². The lowest BCUT2D eigenvalue weighted by Crippen LogP contribution is -2.24. The molecule has 2 aromatic carbocycles. The van der Waals surface area contributed by atoms with Gasteiger partial charge in [0.1, 0.15) is 5.69 Å². The molecule has 1 amide bonds. The van der Waals surface area contributed by atoms with Crippen LogP contribution in [0.1, 0.15) is 21.5 Å². The molecule has 4 N–H and O–H groups in total. The van der Waals surface area contributed by atoms with Gasteiger partial charge in [-0.25, -0.2) is 0 Å². The van der Waals surface area contributed by atoms with Gasteiger partial charge in [-0.05, 0) is 17.2 Å². The van der Waals surface area contributed by atoms with Crippen LogP contribution < -0.4 is 11.1 Å². The number of aliphatic hydroxyl groups excluding tert-OH is 1. The van der Waals surface area contributed by atoms with E-state index in [0.717, 1.165) is 5.56 Å². The van der Waals surface area contributed by atoms with Crippen molar-refractivity contribution in [3.8, 4) is 0 Å². The molecule has 0 saturated heterocycles. The number of nitrogens with zero attached hydrogens (tertiary/aromatic N) is 1. The van der Waals surface area contributed by atoms with Crippen LogP contribution >= 0.6 is 0 Å². The van der Waals surface area contributed by atoms with Gasteiger partial charge in [0, 0.05) is 12.6 Å². The molecule has 0 spiro atoms. The molecular weight excluding hydrogens is 286 g/mol. The van der Waals surface area contributed by atoms with E-state index in [1.165, 1.54) is 18.2 Å². The summed E-state index contributed by atoms with van der Waals surface area (Å²) in [6.07, 6.45) is 0. The number of anilines is 1. The quantitative estimate of drug-likeness (QED) is 0.440. The van der Waals surface area contributed by atoms with Crippen LogP contribution in [0.3, 0.4) is 0 Å². The first-order valence-corrected chi connectivity index (χ1v) is 6.53. The maximum atomic E-state index is 12.1. The van der Waals surface area contributed by atoms with Crippen LogP contribution in [0, 0.1) is 10.1 Å². The molecule has 0 heterocycles. The van der Waals surface area contributed by atoms with E-state index in [-0.39, 0.29) is 30.1 Å². The topological polar surface area (TPSA) is 118 Å². The standard InChI is InChI=1S/C15H15N3O4/c16-14-12(6-3-7-13(14)18(21)22)15(20)17-8-10-4-1-2-5-11(10)9-19/h1-7,19H,8-9,16H2,(H,17,20). The lowest BCUT2D eigenvalue weighted by atomic mass is 10.1. The van der Waals surface area contributed by atoms with E-state index in [2.05, 4.69) is 5.32 Å². The number of amides is 1. The van der Waals surface area contributed by atoms with Crippen molar-refractivity contribution in [3.05, 3.63) is 69.3 Å². The highest BCUT2D eigenvalue weighted by Crippen LogP contribution is 2.24. The summed E-state index contributed by atoms with van der Waals surface area (Å²) < 4.78 is 0. The fraction of sp³-hybridized carbons (Fsp3) is 0.133. The number of hydrogen-bond acceptors (Lipinski definition) is 5. The molecule has 0 aliphatic heterocycles. The second kappa shape index (κ2) is 6.68. The monoisotopic (exact) mass is 301 g/mol. The number of carbonyl (C=O) groups excluding carboxylic acids is 1. The Labute approximate surface area is 126 Å². The van der Waals surface area contributed by atoms with Gasteiger partial charge in [0.05, 0.1) is 17.1 Å². The molecule has 0 aromatic heterocycles. The highest BCUT2D eigenvalue weighted by atomic mass is 16.6. The smallest absolute Gasteiger partial charge is 0.292 e. The molecule has 0 bridgehead atoms. The molecule has 0 fully saturated rings. The molecule has 2 rings (SSSR count). The molecule has 7 nitrogen and oxygen atoms in total. The third-order valence-corrected chi connectivity index (χ3v) is 3.25. The zero-order chi connectivity index (χ0) is 16.1. The zero-order valence-corrected chi connectivity index (χ0v) is 11.7. The van der Waals surface area contributed by atoms with Crippen LogP contribution in [-0.4, -0.2) is 15.9 Å². The van der Waals surface area contributed by atoms with E-state index in [9.17, 15) is 20.0 Å². The van der Waals surface area contributed by atoms with Crippen molar-refractivity contribution in [1.82, 2.24) is 5.32 Å². The van der Waals surface area contributed by atoms with Crippen LogP contribution in [0.25, 0.3) is 0 Å². The number of rotatable bonds is 5. The van der Waals surface area contributed by atoms with Gasteiger partial charge in [0.2, 0.25) is 0 Å². The second-order valence-electron chi connectivity index (χ2n) is 4.60. The van der Waals surface area contributed by atoms with Gasteiger partial charge in [-0.3, -0.25) is 14.9 Å². The SMILES string of the molecule is Nc1c(C(=O)NCc2ccccc2CO)cccc1[N+](=O)[O-]. The molecule has 7 heteroatoms. The lowest BCUT2D eigenvalue weighted by Gasteiger charge is -2.10. The predicted octanol–water partition coefficient (Wildman–Crippen LogP) is 1.60. The number of aliphatic hydroxyl groups is 1. The maximum Gasteiger partial charge on any atom is 0.292 e. The number of hydrogen-bond donors (Lipinski definition) is 3. The van der Waals surface area contributed by atoms with Crippen molar-refractivity contribution in [2.24, 2.45) is 0 Å². The van der Waals surface area contributed by atoms with Gasteiger partial charge in [0.15, 0.2) is 0 Å². The molecule has 114 valence electrons. The number of benzene rings is 2. The van der Waals surface area contributed by atoms with E-state index >= 15 is 0 Å². The van der Waals surface area contributed by atoms with Crippen LogP contribution in [0.2, 0.25) is 0 Å². The van der Waals surface area contributed by atoms with Crippen molar-refractivity contribution in [2.45, 2.75) is 13.2 Å². The van der Waals surface area contributed by atoms with Gasteiger partial charge in [-0.15, -0.1) is 0 Å². The van der Waals surface area contributed by atoms with Gasteiger partial charge in [-0.1, -0.05) is 30.3 Å². The Balaban J connectivity index is 2.16. The number of nitrogens with one attached hydrogen (secondary N) is 1. The average Bonchev–Trinajstić information content (AvgIpc) is 2.52. The maximum absolute atomic E-state index is 12.1.